The molecular weight excluding hydrogens is 230 g/mol. The smallest absolute Gasteiger partial charge is 0.398 e. The van der Waals surface area contributed by atoms with Crippen LogP contribution in [-0.2, 0) is 0 Å². The summed E-state index contributed by atoms with van der Waals surface area (Å²) in [5.74, 6) is -0.179. The van der Waals surface area contributed by atoms with Crippen LogP contribution in [0.15, 0.2) is 41.6 Å². The quantitative estimate of drug-likeness (QED) is 0.240. The molecule has 0 spiro atoms. The summed E-state index contributed by atoms with van der Waals surface area (Å²) in [7, 11) is 0. The molecule has 6 nitrogen and oxygen atoms in total. The van der Waals surface area contributed by atoms with Gasteiger partial charge in [-0.3, -0.25) is 0 Å². The fraction of sp³-hybridized carbons (Fsp3) is 0. The third kappa shape index (κ3) is 3.30. The summed E-state index contributed by atoms with van der Waals surface area (Å²) < 4.78 is 0. The van der Waals surface area contributed by atoms with Crippen molar-refractivity contribution < 1.29 is 15.2 Å². The second kappa shape index (κ2) is 5.79. The highest BCUT2D eigenvalue weighted by atomic mass is 32.1. The van der Waals surface area contributed by atoms with Crippen molar-refractivity contribution in [3.63, 3.8) is 0 Å². The minimum atomic E-state index is -0.517. The number of benzene rings is 1. The van der Waals surface area contributed by atoms with Gasteiger partial charge in [0.15, 0.2) is 0 Å². The van der Waals surface area contributed by atoms with Crippen molar-refractivity contribution in [2.45, 2.75) is 0 Å². The molecule has 0 aliphatic heterocycles. The van der Waals surface area contributed by atoms with Gasteiger partial charge in [0.25, 0.3) is 0 Å². The summed E-state index contributed by atoms with van der Waals surface area (Å²) >= 11 is 4.39. The van der Waals surface area contributed by atoms with E-state index in [-0.39, 0.29) is 10.6 Å². The number of hydrogen-bond acceptors (Lipinski definition) is 5. The Labute approximate surface area is 96.7 Å². The molecule has 0 saturated heterocycles. The lowest BCUT2D eigenvalue weighted by Gasteiger charge is -2.01. The highest BCUT2D eigenvalue weighted by Crippen LogP contribution is 2.09. The zero-order valence-corrected chi connectivity index (χ0v) is 8.89. The molecule has 0 aliphatic rings. The minimum Gasteiger partial charge on any atom is -0.690 e. The number of nitrogens with one attached hydrogen (secondary N) is 1. The SMILES string of the molecule is [O-][N+](=N/C=C(\O)c1ccccc1)C(=S)NO. The average molecular weight is 239 g/mol. The van der Waals surface area contributed by atoms with Gasteiger partial charge in [0, 0.05) is 17.8 Å². The molecule has 0 atom stereocenters. The maximum atomic E-state index is 10.9. The summed E-state index contributed by atoms with van der Waals surface area (Å²) in [4.78, 5) is -0.0332. The maximum Gasteiger partial charge on any atom is 0.398 e. The van der Waals surface area contributed by atoms with Crippen molar-refractivity contribution in [2.24, 2.45) is 5.11 Å². The maximum absolute atomic E-state index is 10.9. The first-order valence-electron chi connectivity index (χ1n) is 4.22. The van der Waals surface area contributed by atoms with Crippen LogP contribution in [0.3, 0.4) is 0 Å². The first kappa shape index (κ1) is 12.1. The highest BCUT2D eigenvalue weighted by molar-refractivity contribution is 7.79. The van der Waals surface area contributed by atoms with Crippen LogP contribution in [0.4, 0.5) is 0 Å². The lowest BCUT2D eigenvalue weighted by Crippen LogP contribution is -2.25. The second-order valence-electron chi connectivity index (χ2n) is 2.69. The zero-order chi connectivity index (χ0) is 12.0. The topological polar surface area (TPSA) is 90.9 Å². The van der Waals surface area contributed by atoms with Crippen molar-refractivity contribution in [3.05, 3.63) is 47.3 Å². The van der Waals surface area contributed by atoms with Crippen molar-refractivity contribution >= 4 is 23.1 Å². The van der Waals surface area contributed by atoms with Gasteiger partial charge in [0.05, 0.1) is 0 Å². The molecule has 0 bridgehead atoms. The molecule has 0 heterocycles. The number of hydrogen-bond donors (Lipinski definition) is 3. The molecule has 0 fully saturated rings. The largest absolute Gasteiger partial charge is 0.690 e. The van der Waals surface area contributed by atoms with Gasteiger partial charge in [-0.15, -0.1) is 10.3 Å². The van der Waals surface area contributed by atoms with Crippen molar-refractivity contribution in [2.75, 3.05) is 0 Å². The van der Waals surface area contributed by atoms with E-state index in [2.05, 4.69) is 17.3 Å². The molecule has 84 valence electrons. The molecule has 0 aromatic heterocycles. The average Bonchev–Trinajstić information content (AvgIpc) is 2.35. The molecule has 16 heavy (non-hydrogen) atoms. The molecular formula is C9H9N3O3S. The summed E-state index contributed by atoms with van der Waals surface area (Å²) in [5, 5.41) is 31.5. The van der Waals surface area contributed by atoms with Crippen LogP contribution in [0.5, 0.6) is 0 Å². The van der Waals surface area contributed by atoms with E-state index in [4.69, 9.17) is 5.21 Å². The van der Waals surface area contributed by atoms with Crippen LogP contribution in [-0.4, -0.2) is 20.3 Å². The molecule has 1 rings (SSSR count). The van der Waals surface area contributed by atoms with Gasteiger partial charge < -0.3 is 10.3 Å². The normalized spacial score (nSPS) is 12.3. The fourth-order valence-electron chi connectivity index (χ4n) is 0.886. The molecule has 0 saturated carbocycles. The number of aliphatic hydroxyl groups excluding tert-OH is 1. The minimum absolute atomic E-state index is 0.0332. The predicted molar refractivity (Wildman–Crippen MR) is 60.6 cm³/mol. The van der Waals surface area contributed by atoms with Crippen LogP contribution >= 0.6 is 12.2 Å². The predicted octanol–water partition coefficient (Wildman–Crippen LogP) is 1.77. The first-order chi connectivity index (χ1) is 7.65. The van der Waals surface area contributed by atoms with E-state index in [1.54, 1.807) is 30.3 Å². The first-order valence-corrected chi connectivity index (χ1v) is 4.62. The lowest BCUT2D eigenvalue weighted by atomic mass is 10.2. The van der Waals surface area contributed by atoms with Gasteiger partial charge in [-0.1, -0.05) is 35.4 Å². The molecule has 1 aromatic rings. The Hall–Kier alpha value is -1.99. The number of nitrogens with zero attached hydrogens (tertiary/aromatic N) is 2. The second-order valence-corrected chi connectivity index (χ2v) is 3.07. The molecule has 3 N–H and O–H groups in total. The summed E-state index contributed by atoms with van der Waals surface area (Å²) in [6, 6.07) is 8.55. The van der Waals surface area contributed by atoms with E-state index in [0.717, 1.165) is 6.20 Å². The van der Waals surface area contributed by atoms with Gasteiger partial charge in [0.2, 0.25) is 0 Å². The molecule has 0 unspecified atom stereocenters. The van der Waals surface area contributed by atoms with Crippen LogP contribution in [0.1, 0.15) is 5.56 Å². The van der Waals surface area contributed by atoms with E-state index >= 15 is 0 Å². The number of azo groups is 1. The number of thiocarbonyl (C=S) groups is 1. The van der Waals surface area contributed by atoms with E-state index in [0.29, 0.717) is 5.56 Å². The Morgan fingerprint density at radius 2 is 2.06 bits per heavy atom. The summed E-state index contributed by atoms with van der Waals surface area (Å²) in [6.45, 7) is 0. The molecule has 0 radical (unpaired) electrons. The number of aliphatic hydroxyl groups is 1. The monoisotopic (exact) mass is 239 g/mol. The van der Waals surface area contributed by atoms with E-state index in [1.807, 2.05) is 0 Å². The Kier molecular flexibility index (Phi) is 4.37. The third-order valence-corrected chi connectivity index (χ3v) is 1.87. The van der Waals surface area contributed by atoms with Crippen molar-refractivity contribution in [3.8, 4) is 0 Å². The van der Waals surface area contributed by atoms with Gasteiger partial charge >= 0.3 is 5.11 Å². The van der Waals surface area contributed by atoms with Gasteiger partial charge in [-0.25, -0.2) is 5.21 Å². The molecule has 0 amide bonds. The van der Waals surface area contributed by atoms with Gasteiger partial charge in [-0.05, 0) is 0 Å². The standard InChI is InChI=1S/C9H9N3O3S/c13-8(7-4-2-1-3-5-7)6-10-12(15)9(16)11-14/h1-6,13-14H,(H,11,16)/b8-6-,12-10?. The molecule has 1 aromatic carbocycles. The van der Waals surface area contributed by atoms with Crippen molar-refractivity contribution in [1.82, 2.24) is 5.48 Å². The van der Waals surface area contributed by atoms with Crippen molar-refractivity contribution in [1.29, 1.82) is 0 Å². The Morgan fingerprint density at radius 3 is 2.62 bits per heavy atom. The van der Waals surface area contributed by atoms with Crippen LogP contribution in [0, 0.1) is 5.21 Å². The molecule has 7 heteroatoms. The summed E-state index contributed by atoms with van der Waals surface area (Å²) in [6.07, 6.45) is 0.936. The van der Waals surface area contributed by atoms with Gasteiger partial charge in [0.1, 0.15) is 12.0 Å². The van der Waals surface area contributed by atoms with Crippen LogP contribution in [0.25, 0.3) is 5.76 Å². The molecule has 0 aliphatic carbocycles. The Bertz CT molecular complexity index is 431. The lowest BCUT2D eigenvalue weighted by molar-refractivity contribution is -0.407. The van der Waals surface area contributed by atoms with E-state index in [9.17, 15) is 10.3 Å². The Balaban J connectivity index is 2.83. The van der Waals surface area contributed by atoms with Crippen LogP contribution in [0.2, 0.25) is 0 Å². The van der Waals surface area contributed by atoms with Gasteiger partial charge in [-0.2, -0.15) is 0 Å². The van der Waals surface area contributed by atoms with Crippen LogP contribution < -0.4 is 5.48 Å². The number of hydroxylamine groups is 2. The Morgan fingerprint density at radius 1 is 1.44 bits per heavy atom. The fourth-order valence-corrected chi connectivity index (χ4v) is 0.933. The highest BCUT2D eigenvalue weighted by Gasteiger charge is 2.02. The van der Waals surface area contributed by atoms with E-state index < -0.39 is 5.11 Å². The number of rotatable bonds is 2. The third-order valence-electron chi connectivity index (χ3n) is 1.62. The van der Waals surface area contributed by atoms with E-state index in [1.165, 1.54) is 5.48 Å². The zero-order valence-electron chi connectivity index (χ0n) is 8.07. The summed E-state index contributed by atoms with van der Waals surface area (Å²) in [5.41, 5.74) is 1.98.